The van der Waals surface area contributed by atoms with Crippen molar-refractivity contribution in [3.63, 3.8) is 0 Å². The molecular weight excluding hydrogens is 440 g/mol. The van der Waals surface area contributed by atoms with Crippen molar-refractivity contribution in [2.24, 2.45) is 0 Å². The van der Waals surface area contributed by atoms with Crippen LogP contribution in [0.1, 0.15) is 18.4 Å². The number of likely N-dealkylation sites (tertiary alicyclic amines) is 1. The van der Waals surface area contributed by atoms with Gasteiger partial charge >= 0.3 is 0 Å². The Balaban J connectivity index is 1.09. The van der Waals surface area contributed by atoms with E-state index >= 15 is 0 Å². The number of piperidine rings is 1. The number of fused-ring (bicyclic) bond motifs is 1. The number of aliphatic hydroxyl groups is 2. The summed E-state index contributed by atoms with van der Waals surface area (Å²) in [5.74, 6) is 2.19. The molecule has 180 valence electrons. The summed E-state index contributed by atoms with van der Waals surface area (Å²) in [6.07, 6.45) is 2.37. The number of β-amino-alcohol motifs (C(OH)–C–C–N with tert-alkyl or cyclic N) is 1. The normalized spacial score (nSPS) is 16.6. The lowest BCUT2D eigenvalue weighted by atomic mass is 9.84. The predicted molar refractivity (Wildman–Crippen MR) is 136 cm³/mol. The number of aromatic nitrogens is 1. The van der Waals surface area contributed by atoms with Crippen LogP contribution in [-0.4, -0.2) is 52.4 Å². The summed E-state index contributed by atoms with van der Waals surface area (Å²) >= 11 is 0. The lowest BCUT2D eigenvalue weighted by Gasteiger charge is -2.39. The molecule has 0 unspecified atom stereocenters. The zero-order valence-corrected chi connectivity index (χ0v) is 19.6. The van der Waals surface area contributed by atoms with E-state index in [1.807, 2.05) is 84.9 Å². The van der Waals surface area contributed by atoms with Gasteiger partial charge in [0.2, 0.25) is 0 Å². The summed E-state index contributed by atoms with van der Waals surface area (Å²) in [6.45, 7) is 2.10. The second kappa shape index (κ2) is 10.4. The number of hydrogen-bond donors (Lipinski definition) is 2. The second-order valence-corrected chi connectivity index (χ2v) is 9.10. The fourth-order valence-electron chi connectivity index (χ4n) is 4.49. The second-order valence-electron chi connectivity index (χ2n) is 9.10. The van der Waals surface area contributed by atoms with E-state index in [-0.39, 0.29) is 6.61 Å². The van der Waals surface area contributed by atoms with Crippen molar-refractivity contribution >= 4 is 10.9 Å². The summed E-state index contributed by atoms with van der Waals surface area (Å²) in [4.78, 5) is 6.68. The molecule has 1 aliphatic rings. The van der Waals surface area contributed by atoms with Gasteiger partial charge in [-0.2, -0.15) is 0 Å². The number of pyridine rings is 1. The van der Waals surface area contributed by atoms with E-state index in [0.29, 0.717) is 38.2 Å². The van der Waals surface area contributed by atoms with Crippen LogP contribution in [0.4, 0.5) is 0 Å². The largest absolute Gasteiger partial charge is 0.491 e. The van der Waals surface area contributed by atoms with E-state index in [9.17, 15) is 10.2 Å². The van der Waals surface area contributed by atoms with Crippen molar-refractivity contribution in [3.8, 4) is 17.2 Å². The molecule has 1 atom stereocenters. The van der Waals surface area contributed by atoms with Gasteiger partial charge < -0.3 is 24.6 Å². The van der Waals surface area contributed by atoms with Crippen molar-refractivity contribution in [3.05, 3.63) is 96.7 Å². The standard InChI is InChI=1S/C29H30N2O4/c32-24(21-34-25-10-12-27(13-11-25)35-26-7-2-1-3-8-26)20-31-16-14-29(33,15-17-31)23-18-22-6-4-5-9-28(22)30-19-23/h1-13,18-19,24,32-33H,14-17,20-21H2/t24-/m0/s1. The van der Waals surface area contributed by atoms with Crippen LogP contribution >= 0.6 is 0 Å². The van der Waals surface area contributed by atoms with Crippen LogP contribution in [0, 0.1) is 0 Å². The van der Waals surface area contributed by atoms with Gasteiger partial charge in [-0.3, -0.25) is 4.98 Å². The summed E-state index contributed by atoms with van der Waals surface area (Å²) in [7, 11) is 0. The number of nitrogens with zero attached hydrogens (tertiary/aromatic N) is 2. The third-order valence-corrected chi connectivity index (χ3v) is 6.53. The van der Waals surface area contributed by atoms with Crippen molar-refractivity contribution in [2.75, 3.05) is 26.2 Å². The Bertz CT molecular complexity index is 1240. The fourth-order valence-corrected chi connectivity index (χ4v) is 4.49. The third kappa shape index (κ3) is 5.80. The topological polar surface area (TPSA) is 75.0 Å². The maximum absolute atomic E-state index is 11.3. The number of para-hydroxylation sites is 2. The van der Waals surface area contributed by atoms with E-state index in [4.69, 9.17) is 9.47 Å². The zero-order chi connectivity index (χ0) is 24.1. The smallest absolute Gasteiger partial charge is 0.127 e. The van der Waals surface area contributed by atoms with Crippen molar-refractivity contribution in [1.29, 1.82) is 0 Å². The predicted octanol–water partition coefficient (Wildman–Crippen LogP) is 4.75. The first-order valence-electron chi connectivity index (χ1n) is 12.0. The number of benzene rings is 3. The quantitative estimate of drug-likeness (QED) is 0.387. The zero-order valence-electron chi connectivity index (χ0n) is 19.6. The van der Waals surface area contributed by atoms with E-state index in [1.54, 1.807) is 6.20 Å². The van der Waals surface area contributed by atoms with E-state index < -0.39 is 11.7 Å². The molecule has 0 bridgehead atoms. The molecule has 6 heteroatoms. The Morgan fingerprint density at radius 1 is 0.857 bits per heavy atom. The van der Waals surface area contributed by atoms with Crippen molar-refractivity contribution < 1.29 is 19.7 Å². The molecule has 0 radical (unpaired) electrons. The van der Waals surface area contributed by atoms with Gasteiger partial charge in [-0.1, -0.05) is 36.4 Å². The first-order valence-corrected chi connectivity index (χ1v) is 12.0. The van der Waals surface area contributed by atoms with Gasteiger partial charge in [0.05, 0.1) is 11.1 Å². The van der Waals surface area contributed by atoms with Gasteiger partial charge in [0, 0.05) is 36.8 Å². The van der Waals surface area contributed by atoms with Crippen LogP contribution in [0.15, 0.2) is 91.1 Å². The van der Waals surface area contributed by atoms with E-state index in [2.05, 4.69) is 9.88 Å². The minimum absolute atomic E-state index is 0.203. The van der Waals surface area contributed by atoms with Gasteiger partial charge in [-0.05, 0) is 61.4 Å². The van der Waals surface area contributed by atoms with Gasteiger partial charge in [-0.25, -0.2) is 0 Å². The highest BCUT2D eigenvalue weighted by Gasteiger charge is 2.34. The Hall–Kier alpha value is -3.45. The highest BCUT2D eigenvalue weighted by atomic mass is 16.5. The Kier molecular flexibility index (Phi) is 6.95. The molecule has 1 saturated heterocycles. The summed E-state index contributed by atoms with van der Waals surface area (Å²) in [6, 6.07) is 27.0. The average Bonchev–Trinajstić information content (AvgIpc) is 2.90. The molecule has 6 nitrogen and oxygen atoms in total. The van der Waals surface area contributed by atoms with Crippen LogP contribution in [0.2, 0.25) is 0 Å². The van der Waals surface area contributed by atoms with Gasteiger partial charge in [0.15, 0.2) is 0 Å². The molecule has 2 N–H and O–H groups in total. The number of hydrogen-bond acceptors (Lipinski definition) is 6. The lowest BCUT2D eigenvalue weighted by Crippen LogP contribution is -2.46. The number of ether oxygens (including phenoxy) is 2. The lowest BCUT2D eigenvalue weighted by molar-refractivity contribution is -0.0373. The molecule has 4 aromatic rings. The molecule has 5 rings (SSSR count). The summed E-state index contributed by atoms with van der Waals surface area (Å²) in [5.41, 5.74) is 0.900. The number of aliphatic hydroxyl groups excluding tert-OH is 1. The highest BCUT2D eigenvalue weighted by molar-refractivity contribution is 5.78. The minimum Gasteiger partial charge on any atom is -0.491 e. The maximum atomic E-state index is 11.3. The van der Waals surface area contributed by atoms with Crippen LogP contribution in [0.5, 0.6) is 17.2 Å². The Morgan fingerprint density at radius 2 is 1.51 bits per heavy atom. The molecule has 1 aliphatic heterocycles. The monoisotopic (exact) mass is 470 g/mol. The summed E-state index contributed by atoms with van der Waals surface area (Å²) < 4.78 is 11.6. The minimum atomic E-state index is -0.890. The van der Waals surface area contributed by atoms with Gasteiger partial charge in [0.25, 0.3) is 0 Å². The van der Waals surface area contributed by atoms with Crippen LogP contribution in [0.3, 0.4) is 0 Å². The number of rotatable bonds is 8. The highest BCUT2D eigenvalue weighted by Crippen LogP contribution is 2.33. The van der Waals surface area contributed by atoms with Crippen LogP contribution in [0.25, 0.3) is 10.9 Å². The first kappa shape index (κ1) is 23.3. The van der Waals surface area contributed by atoms with Crippen molar-refractivity contribution in [2.45, 2.75) is 24.5 Å². The molecule has 1 fully saturated rings. The molecule has 0 aliphatic carbocycles. The SMILES string of the molecule is O[C@H](COc1ccc(Oc2ccccc2)cc1)CN1CCC(O)(c2cnc3ccccc3c2)CC1. The van der Waals surface area contributed by atoms with Crippen LogP contribution in [-0.2, 0) is 5.60 Å². The van der Waals surface area contributed by atoms with E-state index in [0.717, 1.165) is 28.0 Å². The van der Waals surface area contributed by atoms with Gasteiger partial charge in [-0.15, -0.1) is 0 Å². The van der Waals surface area contributed by atoms with Crippen molar-refractivity contribution in [1.82, 2.24) is 9.88 Å². The van der Waals surface area contributed by atoms with Gasteiger partial charge in [0.1, 0.15) is 30.0 Å². The molecule has 2 heterocycles. The molecule has 0 amide bonds. The Morgan fingerprint density at radius 3 is 2.29 bits per heavy atom. The Labute approximate surface area is 205 Å². The van der Waals surface area contributed by atoms with Crippen LogP contribution < -0.4 is 9.47 Å². The molecular formula is C29H30N2O4. The average molecular weight is 471 g/mol. The molecule has 1 aromatic heterocycles. The maximum Gasteiger partial charge on any atom is 0.127 e. The van der Waals surface area contributed by atoms with E-state index in [1.165, 1.54) is 0 Å². The fraction of sp³-hybridized carbons (Fsp3) is 0.276. The third-order valence-electron chi connectivity index (χ3n) is 6.53. The first-order chi connectivity index (χ1) is 17.1. The summed E-state index contributed by atoms with van der Waals surface area (Å²) in [5, 5.41) is 22.8. The molecule has 0 saturated carbocycles. The molecule has 35 heavy (non-hydrogen) atoms. The molecule has 0 spiro atoms. The molecule has 3 aromatic carbocycles.